The molecule has 0 saturated heterocycles. The third kappa shape index (κ3) is 2.53. The highest BCUT2D eigenvalue weighted by Crippen LogP contribution is 2.63. The summed E-state index contributed by atoms with van der Waals surface area (Å²) in [5.41, 5.74) is 7.62. The van der Waals surface area contributed by atoms with E-state index in [1.54, 1.807) is 6.07 Å². The van der Waals surface area contributed by atoms with Gasteiger partial charge in [-0.25, -0.2) is 0 Å². The lowest BCUT2D eigenvalue weighted by Crippen LogP contribution is -2.50. The smallest absolute Gasteiger partial charge is 0.308 e. The maximum absolute atomic E-state index is 11.0. The van der Waals surface area contributed by atoms with E-state index in [1.807, 2.05) is 6.07 Å². The van der Waals surface area contributed by atoms with Crippen LogP contribution in [0.4, 0.5) is 0 Å². The summed E-state index contributed by atoms with van der Waals surface area (Å²) in [4.78, 5) is 11.0. The first-order valence-corrected chi connectivity index (χ1v) is 8.72. The number of hydrogen-bond donors (Lipinski definition) is 2. The number of aromatic hydroxyl groups is 1. The van der Waals surface area contributed by atoms with Crippen molar-refractivity contribution in [3.63, 3.8) is 0 Å². The number of carbonyl (C=O) groups excluding carboxylic acids is 1. The zero-order chi connectivity index (χ0) is 16.2. The minimum absolute atomic E-state index is 0.137. The normalized spacial score (nSPS) is 36.0. The molecule has 4 fully saturated rings. The van der Waals surface area contributed by atoms with Crippen LogP contribution in [0.25, 0.3) is 0 Å². The minimum atomic E-state index is -0.387. The molecule has 0 radical (unpaired) electrons. The van der Waals surface area contributed by atoms with Crippen molar-refractivity contribution in [3.8, 4) is 11.5 Å². The maximum atomic E-state index is 11.0. The van der Waals surface area contributed by atoms with E-state index in [2.05, 4.69) is 0 Å². The predicted octanol–water partition coefficient (Wildman–Crippen LogP) is 3.53. The van der Waals surface area contributed by atoms with Gasteiger partial charge >= 0.3 is 5.97 Å². The van der Waals surface area contributed by atoms with E-state index in [4.69, 9.17) is 10.5 Å². The molecule has 124 valence electrons. The number of carbonyl (C=O) groups is 1. The lowest BCUT2D eigenvalue weighted by Gasteiger charge is -2.59. The second-order valence-corrected chi connectivity index (χ2v) is 8.07. The van der Waals surface area contributed by atoms with E-state index in [0.717, 1.165) is 23.3 Å². The largest absolute Gasteiger partial charge is 0.507 e. The van der Waals surface area contributed by atoms with E-state index in [0.29, 0.717) is 5.75 Å². The Kier molecular flexibility index (Phi) is 3.41. The molecule has 0 amide bonds. The summed E-state index contributed by atoms with van der Waals surface area (Å²) in [6.45, 7) is 1.35. The Hall–Kier alpha value is -1.55. The van der Waals surface area contributed by atoms with Gasteiger partial charge in [0, 0.05) is 24.6 Å². The van der Waals surface area contributed by atoms with Crippen LogP contribution in [0.5, 0.6) is 11.5 Å². The minimum Gasteiger partial charge on any atom is -0.507 e. The first-order valence-electron chi connectivity index (χ1n) is 8.72. The van der Waals surface area contributed by atoms with E-state index in [-0.39, 0.29) is 23.2 Å². The molecule has 3 N–H and O–H groups in total. The molecule has 5 rings (SSSR count). The molecular weight excluding hydrogens is 290 g/mol. The third-order valence-electron chi connectivity index (χ3n) is 6.34. The van der Waals surface area contributed by atoms with Crippen molar-refractivity contribution in [2.75, 3.05) is 0 Å². The molecule has 1 unspecified atom stereocenters. The van der Waals surface area contributed by atoms with Crippen molar-refractivity contribution in [1.82, 2.24) is 0 Å². The van der Waals surface area contributed by atoms with Gasteiger partial charge in [-0.3, -0.25) is 4.79 Å². The number of phenolic OH excluding ortho intramolecular Hbond substituents is 1. The van der Waals surface area contributed by atoms with Crippen LogP contribution in [0.3, 0.4) is 0 Å². The number of nitrogens with two attached hydrogens (primary N) is 1. The van der Waals surface area contributed by atoms with E-state index in [1.165, 1.54) is 51.5 Å². The quantitative estimate of drug-likeness (QED) is 0.661. The molecule has 1 aromatic carbocycles. The molecule has 1 aromatic rings. The van der Waals surface area contributed by atoms with Gasteiger partial charge in [0.05, 0.1) is 0 Å². The molecular formula is C19H25NO3. The molecule has 0 heterocycles. The monoisotopic (exact) mass is 315 g/mol. The molecule has 23 heavy (non-hydrogen) atoms. The zero-order valence-corrected chi connectivity index (χ0v) is 13.6. The van der Waals surface area contributed by atoms with E-state index < -0.39 is 0 Å². The maximum Gasteiger partial charge on any atom is 0.308 e. The summed E-state index contributed by atoms with van der Waals surface area (Å²) in [6.07, 6.45) is 7.73. The number of esters is 1. The van der Waals surface area contributed by atoms with Gasteiger partial charge in [-0.15, -0.1) is 0 Å². The summed E-state index contributed by atoms with van der Waals surface area (Å²) >= 11 is 0. The van der Waals surface area contributed by atoms with Gasteiger partial charge in [-0.05, 0) is 67.8 Å². The highest BCUT2D eigenvalue weighted by molar-refractivity contribution is 5.69. The Labute approximate surface area is 137 Å². The summed E-state index contributed by atoms with van der Waals surface area (Å²) in [5, 5.41) is 10.4. The number of rotatable bonds is 3. The second-order valence-electron chi connectivity index (χ2n) is 8.07. The van der Waals surface area contributed by atoms with Crippen LogP contribution in [-0.2, 0) is 4.79 Å². The first-order chi connectivity index (χ1) is 10.9. The fourth-order valence-corrected chi connectivity index (χ4v) is 5.90. The Bertz CT molecular complexity index is 604. The standard InChI is InChI=1S/C19H25NO3/c1-11(21)23-15-2-3-16(17(22)7-15)18(20)19-8-12-4-13(9-19)6-14(5-12)10-19/h2-3,7,12-14,18,22H,4-6,8-10,20H2,1H3. The molecule has 4 saturated carbocycles. The van der Waals surface area contributed by atoms with Crippen LogP contribution < -0.4 is 10.5 Å². The molecule has 4 heteroatoms. The predicted molar refractivity (Wildman–Crippen MR) is 86.9 cm³/mol. The SMILES string of the molecule is CC(=O)Oc1ccc(C(N)C23CC4CC(CC(C4)C2)C3)c(O)c1. The average Bonchev–Trinajstić information content (AvgIpc) is 2.44. The number of benzene rings is 1. The van der Waals surface area contributed by atoms with Crippen molar-refractivity contribution < 1.29 is 14.6 Å². The Morgan fingerprint density at radius 1 is 1.22 bits per heavy atom. The topological polar surface area (TPSA) is 72.5 Å². The van der Waals surface area contributed by atoms with E-state index >= 15 is 0 Å². The van der Waals surface area contributed by atoms with Gasteiger partial charge in [0.2, 0.25) is 0 Å². The molecule has 0 aromatic heterocycles. The summed E-state index contributed by atoms with van der Waals surface area (Å²) < 4.78 is 5.04. The third-order valence-corrected chi connectivity index (χ3v) is 6.34. The average molecular weight is 315 g/mol. The Balaban J connectivity index is 1.61. The van der Waals surface area contributed by atoms with Crippen molar-refractivity contribution in [1.29, 1.82) is 0 Å². The van der Waals surface area contributed by atoms with Crippen LogP contribution in [0.1, 0.15) is 57.1 Å². The van der Waals surface area contributed by atoms with Crippen molar-refractivity contribution in [2.45, 2.75) is 51.5 Å². The molecule has 4 aliphatic rings. The molecule has 0 aliphatic heterocycles. The number of hydrogen-bond acceptors (Lipinski definition) is 4. The molecule has 4 nitrogen and oxygen atoms in total. The van der Waals surface area contributed by atoms with Gasteiger partial charge < -0.3 is 15.6 Å². The number of ether oxygens (including phenoxy) is 1. The Morgan fingerprint density at radius 3 is 2.26 bits per heavy atom. The molecule has 4 aliphatic carbocycles. The van der Waals surface area contributed by atoms with Crippen LogP contribution in [0.15, 0.2) is 18.2 Å². The molecule has 4 bridgehead atoms. The van der Waals surface area contributed by atoms with Crippen LogP contribution in [-0.4, -0.2) is 11.1 Å². The van der Waals surface area contributed by atoms with Gasteiger partial charge in [-0.1, -0.05) is 6.07 Å². The van der Waals surface area contributed by atoms with Crippen LogP contribution >= 0.6 is 0 Å². The second kappa shape index (κ2) is 5.23. The highest BCUT2D eigenvalue weighted by Gasteiger charge is 2.53. The molecule has 0 spiro atoms. The summed E-state index contributed by atoms with van der Waals surface area (Å²) in [7, 11) is 0. The van der Waals surface area contributed by atoms with Crippen molar-refractivity contribution in [2.24, 2.45) is 28.9 Å². The van der Waals surface area contributed by atoms with E-state index in [9.17, 15) is 9.90 Å². The van der Waals surface area contributed by atoms with Crippen molar-refractivity contribution >= 4 is 5.97 Å². The van der Waals surface area contributed by atoms with Gasteiger partial charge in [0.25, 0.3) is 0 Å². The van der Waals surface area contributed by atoms with Crippen LogP contribution in [0.2, 0.25) is 0 Å². The number of phenols is 1. The zero-order valence-electron chi connectivity index (χ0n) is 13.6. The lowest BCUT2D eigenvalue weighted by atomic mass is 9.47. The molecule has 1 atom stereocenters. The van der Waals surface area contributed by atoms with Crippen LogP contribution in [0, 0.1) is 23.2 Å². The summed E-state index contributed by atoms with van der Waals surface area (Å²) in [6, 6.07) is 4.94. The fourth-order valence-electron chi connectivity index (χ4n) is 5.90. The van der Waals surface area contributed by atoms with Crippen molar-refractivity contribution in [3.05, 3.63) is 23.8 Å². The lowest BCUT2D eigenvalue weighted by molar-refractivity contribution is -0.131. The first kappa shape index (κ1) is 15.0. The van der Waals surface area contributed by atoms with Gasteiger partial charge in [0.15, 0.2) is 0 Å². The van der Waals surface area contributed by atoms with Gasteiger partial charge in [0.1, 0.15) is 11.5 Å². The summed E-state index contributed by atoms with van der Waals surface area (Å²) in [5.74, 6) is 2.62. The Morgan fingerprint density at radius 2 is 1.78 bits per heavy atom. The van der Waals surface area contributed by atoms with Gasteiger partial charge in [-0.2, -0.15) is 0 Å². The fraction of sp³-hybridized carbons (Fsp3) is 0.632. The highest BCUT2D eigenvalue weighted by atomic mass is 16.5.